The molecule has 3 aromatic rings. The highest BCUT2D eigenvalue weighted by molar-refractivity contribution is 6.07. The number of halogens is 3. The van der Waals surface area contributed by atoms with E-state index in [0.29, 0.717) is 5.69 Å². The lowest BCUT2D eigenvalue weighted by atomic mass is 10.1. The van der Waals surface area contributed by atoms with Gasteiger partial charge in [0.25, 0.3) is 5.91 Å². The van der Waals surface area contributed by atoms with Gasteiger partial charge in [0.05, 0.1) is 11.3 Å². The zero-order chi connectivity index (χ0) is 20.1. The van der Waals surface area contributed by atoms with Gasteiger partial charge in [0.1, 0.15) is 11.6 Å². The highest BCUT2D eigenvalue weighted by atomic mass is 19.4. The number of carbonyl (C=O) groups excluding carboxylic acids is 1. The minimum Gasteiger partial charge on any atom is -0.360 e. The van der Waals surface area contributed by atoms with E-state index < -0.39 is 23.3 Å². The molecule has 28 heavy (non-hydrogen) atoms. The van der Waals surface area contributed by atoms with Gasteiger partial charge in [-0.3, -0.25) is 4.79 Å². The number of benzene rings is 3. The van der Waals surface area contributed by atoms with E-state index in [4.69, 9.17) is 0 Å². The molecule has 0 fully saturated rings. The first-order valence-corrected chi connectivity index (χ1v) is 8.22. The number of hydrogen-bond donors (Lipinski definition) is 2. The predicted octanol–water partition coefficient (Wildman–Crippen LogP) is 5.32. The van der Waals surface area contributed by atoms with Crippen LogP contribution in [0.5, 0.6) is 0 Å². The number of nitriles is 1. The monoisotopic (exact) mass is 381 g/mol. The van der Waals surface area contributed by atoms with Gasteiger partial charge in [-0.1, -0.05) is 48.5 Å². The average molecular weight is 381 g/mol. The molecule has 4 nitrogen and oxygen atoms in total. The first-order valence-electron chi connectivity index (χ1n) is 8.22. The Labute approximate surface area is 158 Å². The summed E-state index contributed by atoms with van der Waals surface area (Å²) in [5.41, 5.74) is -1.09. The predicted molar refractivity (Wildman–Crippen MR) is 101 cm³/mol. The average Bonchev–Trinajstić information content (AvgIpc) is 2.68. The van der Waals surface area contributed by atoms with Crippen LogP contribution in [-0.4, -0.2) is 5.91 Å². The third-order valence-corrected chi connectivity index (χ3v) is 4.01. The fourth-order valence-corrected chi connectivity index (χ4v) is 2.68. The summed E-state index contributed by atoms with van der Waals surface area (Å²) in [5, 5.41) is 16.1. The summed E-state index contributed by atoms with van der Waals surface area (Å²) >= 11 is 0. The molecule has 0 aliphatic carbocycles. The Morgan fingerprint density at radius 1 is 0.929 bits per heavy atom. The number of anilines is 2. The number of carbonyl (C=O) groups is 1. The SMILES string of the molecule is N#C/C(=C/Nc1cccc2ccccc12)C(=O)Nc1ccccc1C(F)(F)F. The molecule has 2 N–H and O–H groups in total. The zero-order valence-corrected chi connectivity index (χ0v) is 14.4. The van der Waals surface area contributed by atoms with Gasteiger partial charge in [0, 0.05) is 17.3 Å². The van der Waals surface area contributed by atoms with Crippen molar-refractivity contribution in [3.8, 4) is 6.07 Å². The van der Waals surface area contributed by atoms with E-state index in [1.165, 1.54) is 18.3 Å². The van der Waals surface area contributed by atoms with Gasteiger partial charge in [0.2, 0.25) is 0 Å². The molecular weight excluding hydrogens is 367 g/mol. The summed E-state index contributed by atoms with van der Waals surface area (Å²) in [6, 6.07) is 19.3. The van der Waals surface area contributed by atoms with Crippen LogP contribution in [0, 0.1) is 11.3 Å². The van der Waals surface area contributed by atoms with Gasteiger partial charge in [-0.05, 0) is 23.6 Å². The molecule has 0 heterocycles. The van der Waals surface area contributed by atoms with Crippen molar-refractivity contribution in [3.63, 3.8) is 0 Å². The van der Waals surface area contributed by atoms with Crippen molar-refractivity contribution < 1.29 is 18.0 Å². The Morgan fingerprint density at radius 3 is 2.32 bits per heavy atom. The van der Waals surface area contributed by atoms with Crippen molar-refractivity contribution in [2.24, 2.45) is 0 Å². The van der Waals surface area contributed by atoms with Crippen LogP contribution in [0.1, 0.15) is 5.56 Å². The minimum atomic E-state index is -4.62. The second-order valence-electron chi connectivity index (χ2n) is 5.84. The zero-order valence-electron chi connectivity index (χ0n) is 14.4. The summed E-state index contributed by atoms with van der Waals surface area (Å²) in [6.07, 6.45) is -3.45. The number of fused-ring (bicyclic) bond motifs is 1. The van der Waals surface area contributed by atoms with Crippen LogP contribution in [0.15, 0.2) is 78.5 Å². The first kappa shape index (κ1) is 19.0. The van der Waals surface area contributed by atoms with E-state index in [2.05, 4.69) is 10.6 Å². The Morgan fingerprint density at radius 2 is 1.57 bits per heavy atom. The molecule has 0 atom stereocenters. The Balaban J connectivity index is 1.84. The van der Waals surface area contributed by atoms with E-state index in [0.717, 1.165) is 22.9 Å². The summed E-state index contributed by atoms with van der Waals surface area (Å²) in [6.45, 7) is 0. The van der Waals surface area contributed by atoms with Gasteiger partial charge in [-0.25, -0.2) is 0 Å². The summed E-state index contributed by atoms with van der Waals surface area (Å²) in [5.74, 6) is -0.938. The van der Waals surface area contributed by atoms with Crippen LogP contribution in [0.2, 0.25) is 0 Å². The maximum absolute atomic E-state index is 13.1. The first-order chi connectivity index (χ1) is 13.4. The number of nitrogens with one attached hydrogen (secondary N) is 2. The minimum absolute atomic E-state index is 0.357. The lowest BCUT2D eigenvalue weighted by Crippen LogP contribution is -2.18. The molecule has 7 heteroatoms. The van der Waals surface area contributed by atoms with Crippen LogP contribution < -0.4 is 10.6 Å². The highest BCUT2D eigenvalue weighted by Crippen LogP contribution is 2.34. The molecule has 0 saturated carbocycles. The van der Waals surface area contributed by atoms with E-state index >= 15 is 0 Å². The van der Waals surface area contributed by atoms with Crippen LogP contribution in [0.4, 0.5) is 24.5 Å². The third-order valence-electron chi connectivity index (χ3n) is 4.01. The molecule has 0 aromatic heterocycles. The summed E-state index contributed by atoms with van der Waals surface area (Å²) in [7, 11) is 0. The Hall–Kier alpha value is -3.79. The van der Waals surface area contributed by atoms with Gasteiger partial charge in [-0.15, -0.1) is 0 Å². The largest absolute Gasteiger partial charge is 0.418 e. The number of rotatable bonds is 4. The van der Waals surface area contributed by atoms with E-state index in [1.54, 1.807) is 12.1 Å². The Bertz CT molecular complexity index is 1090. The molecule has 0 unspecified atom stereocenters. The lowest BCUT2D eigenvalue weighted by molar-refractivity contribution is -0.137. The fourth-order valence-electron chi connectivity index (χ4n) is 2.68. The normalized spacial score (nSPS) is 11.7. The molecule has 0 spiro atoms. The molecular formula is C21H14F3N3O. The topological polar surface area (TPSA) is 64.9 Å². The molecule has 0 saturated heterocycles. The standard InChI is InChI=1S/C21H14F3N3O/c22-21(23,24)17-9-3-4-10-19(17)27-20(28)15(12-25)13-26-18-11-5-7-14-6-1-2-8-16(14)18/h1-11,13,26H,(H,27,28)/b15-13-. The van der Waals surface area contributed by atoms with Crippen LogP contribution in [0.3, 0.4) is 0 Å². The maximum Gasteiger partial charge on any atom is 0.418 e. The van der Waals surface area contributed by atoms with Gasteiger partial charge in [0.15, 0.2) is 0 Å². The van der Waals surface area contributed by atoms with Gasteiger partial charge in [-0.2, -0.15) is 18.4 Å². The molecule has 1 amide bonds. The van der Waals surface area contributed by atoms with Crippen molar-refractivity contribution in [1.82, 2.24) is 0 Å². The number of nitrogens with zero attached hydrogens (tertiary/aromatic N) is 1. The number of alkyl halides is 3. The molecule has 0 aliphatic rings. The molecule has 3 rings (SSSR count). The van der Waals surface area contributed by atoms with E-state index in [1.807, 2.05) is 36.4 Å². The van der Waals surface area contributed by atoms with Crippen LogP contribution >= 0.6 is 0 Å². The highest BCUT2D eigenvalue weighted by Gasteiger charge is 2.33. The van der Waals surface area contributed by atoms with Crippen molar-refractivity contribution in [3.05, 3.63) is 84.1 Å². The van der Waals surface area contributed by atoms with Crippen molar-refractivity contribution >= 4 is 28.1 Å². The summed E-state index contributed by atoms with van der Waals surface area (Å²) < 4.78 is 39.2. The number of amides is 1. The second kappa shape index (κ2) is 7.84. The number of hydrogen-bond acceptors (Lipinski definition) is 3. The number of para-hydroxylation sites is 1. The maximum atomic E-state index is 13.1. The lowest BCUT2D eigenvalue weighted by Gasteiger charge is -2.13. The molecule has 0 bridgehead atoms. The van der Waals surface area contributed by atoms with Gasteiger partial charge < -0.3 is 10.6 Å². The molecule has 0 radical (unpaired) electrons. The summed E-state index contributed by atoms with van der Waals surface area (Å²) in [4.78, 5) is 12.3. The molecule has 3 aromatic carbocycles. The molecule has 140 valence electrons. The third kappa shape index (κ3) is 4.13. The van der Waals surface area contributed by atoms with Crippen LogP contribution in [-0.2, 0) is 11.0 Å². The fraction of sp³-hybridized carbons (Fsp3) is 0.0476. The molecule has 0 aliphatic heterocycles. The van der Waals surface area contributed by atoms with Crippen LogP contribution in [0.25, 0.3) is 10.8 Å². The van der Waals surface area contributed by atoms with Crippen molar-refractivity contribution in [2.45, 2.75) is 6.18 Å². The second-order valence-corrected chi connectivity index (χ2v) is 5.84. The quantitative estimate of drug-likeness (QED) is 0.475. The Kier molecular flexibility index (Phi) is 5.32. The van der Waals surface area contributed by atoms with Crippen molar-refractivity contribution in [2.75, 3.05) is 10.6 Å². The van der Waals surface area contributed by atoms with Crippen molar-refractivity contribution in [1.29, 1.82) is 5.26 Å². The van der Waals surface area contributed by atoms with Gasteiger partial charge >= 0.3 is 6.18 Å². The smallest absolute Gasteiger partial charge is 0.360 e. The van der Waals surface area contributed by atoms with E-state index in [-0.39, 0.29) is 5.57 Å². The van der Waals surface area contributed by atoms with E-state index in [9.17, 15) is 23.2 Å².